The number of nitrogens with zero attached hydrogens (tertiary/aromatic N) is 2. The number of hydrogen-bond donors (Lipinski definition) is 0. The second-order valence-corrected chi connectivity index (χ2v) is 8.90. The normalized spacial score (nSPS) is 16.2. The zero-order valence-corrected chi connectivity index (χ0v) is 19.5. The molecule has 0 saturated heterocycles. The molecule has 5 nitrogen and oxygen atoms in total. The van der Waals surface area contributed by atoms with Crippen molar-refractivity contribution < 1.29 is 9.53 Å². The van der Waals surface area contributed by atoms with Crippen LogP contribution >= 0.6 is 34.5 Å². The lowest BCUT2D eigenvalue weighted by Crippen LogP contribution is -2.38. The number of carbonyl (C=O) groups excluding carboxylic acids is 1. The fourth-order valence-corrected chi connectivity index (χ4v) is 4.95. The van der Waals surface area contributed by atoms with Crippen LogP contribution in [0.5, 0.6) is 0 Å². The van der Waals surface area contributed by atoms with Crippen LogP contribution in [-0.4, -0.2) is 17.6 Å². The molecule has 2 heterocycles. The van der Waals surface area contributed by atoms with Crippen molar-refractivity contribution in [2.24, 2.45) is 4.99 Å². The standard InChI is InChI=1S/C24H18Cl2N2O3S/c1-14-21(23(30)31-2)19(11-8-15-6-4-3-5-7-15)28-22(29)20(32-24(28)27-14)12-16-9-10-17(25)13-18(16)26/h3-13,19H,1-2H3/b11-8?,20-12+. The van der Waals surface area contributed by atoms with Crippen LogP contribution in [0.25, 0.3) is 12.2 Å². The van der Waals surface area contributed by atoms with E-state index >= 15 is 0 Å². The van der Waals surface area contributed by atoms with Gasteiger partial charge in [-0.25, -0.2) is 9.79 Å². The topological polar surface area (TPSA) is 60.7 Å². The summed E-state index contributed by atoms with van der Waals surface area (Å²) < 4.78 is 6.95. The Morgan fingerprint density at radius 1 is 1.19 bits per heavy atom. The van der Waals surface area contributed by atoms with Gasteiger partial charge in [-0.2, -0.15) is 0 Å². The van der Waals surface area contributed by atoms with E-state index in [1.165, 1.54) is 23.0 Å². The number of carbonyl (C=O) groups is 1. The predicted molar refractivity (Wildman–Crippen MR) is 129 cm³/mol. The van der Waals surface area contributed by atoms with Gasteiger partial charge in [0.2, 0.25) is 0 Å². The number of rotatable bonds is 4. The smallest absolute Gasteiger partial charge is 0.338 e. The molecule has 0 aliphatic carbocycles. The van der Waals surface area contributed by atoms with Crippen LogP contribution in [0.3, 0.4) is 0 Å². The van der Waals surface area contributed by atoms with E-state index < -0.39 is 12.0 Å². The van der Waals surface area contributed by atoms with E-state index in [2.05, 4.69) is 4.99 Å². The predicted octanol–water partition coefficient (Wildman–Crippen LogP) is 4.38. The summed E-state index contributed by atoms with van der Waals surface area (Å²) in [5.41, 5.74) is 2.18. The molecule has 3 aromatic rings. The van der Waals surface area contributed by atoms with Crippen LogP contribution in [0.1, 0.15) is 24.1 Å². The molecule has 0 saturated carbocycles. The van der Waals surface area contributed by atoms with E-state index in [0.717, 1.165) is 5.56 Å². The molecule has 1 aromatic heterocycles. The maximum atomic E-state index is 13.4. The van der Waals surface area contributed by atoms with Gasteiger partial charge in [0, 0.05) is 10.0 Å². The number of thiazole rings is 1. The molecule has 1 unspecified atom stereocenters. The number of halogens is 2. The van der Waals surface area contributed by atoms with Crippen molar-refractivity contribution in [1.82, 2.24) is 4.57 Å². The molecular weight excluding hydrogens is 467 g/mol. The fraction of sp³-hybridized carbons (Fsp3) is 0.125. The summed E-state index contributed by atoms with van der Waals surface area (Å²) in [7, 11) is 1.31. The molecule has 2 aromatic carbocycles. The molecule has 0 radical (unpaired) electrons. The quantitative estimate of drug-likeness (QED) is 0.516. The van der Waals surface area contributed by atoms with Gasteiger partial charge >= 0.3 is 5.97 Å². The molecule has 0 spiro atoms. The summed E-state index contributed by atoms with van der Waals surface area (Å²) in [5, 5.41) is 0.952. The third-order valence-electron chi connectivity index (χ3n) is 4.99. The van der Waals surface area contributed by atoms with Crippen molar-refractivity contribution >= 4 is 52.7 Å². The minimum absolute atomic E-state index is 0.267. The van der Waals surface area contributed by atoms with Crippen molar-refractivity contribution in [3.05, 3.63) is 107 Å². The summed E-state index contributed by atoms with van der Waals surface area (Å²) >= 11 is 13.5. The Morgan fingerprint density at radius 3 is 2.62 bits per heavy atom. The van der Waals surface area contributed by atoms with Gasteiger partial charge in [0.05, 0.1) is 29.0 Å². The first-order valence-electron chi connectivity index (χ1n) is 9.68. The minimum atomic E-state index is -0.651. The van der Waals surface area contributed by atoms with E-state index in [4.69, 9.17) is 27.9 Å². The molecular formula is C24H18Cl2N2O3S. The lowest BCUT2D eigenvalue weighted by molar-refractivity contribution is -0.136. The maximum Gasteiger partial charge on any atom is 0.338 e. The molecule has 0 bridgehead atoms. The Kier molecular flexibility index (Phi) is 6.46. The van der Waals surface area contributed by atoms with Crippen molar-refractivity contribution in [2.75, 3.05) is 7.11 Å². The number of ether oxygens (including phenoxy) is 1. The van der Waals surface area contributed by atoms with Gasteiger partial charge in [-0.15, -0.1) is 0 Å². The van der Waals surface area contributed by atoms with Crippen LogP contribution in [0, 0.1) is 0 Å². The molecule has 1 aliphatic rings. The SMILES string of the molecule is COC(=O)C1=C(C)N=c2s/c(=C/c3ccc(Cl)cc3Cl)c(=O)n2C1C=Cc1ccccc1. The number of methoxy groups -OCH3 is 1. The van der Waals surface area contributed by atoms with Crippen LogP contribution in [-0.2, 0) is 9.53 Å². The van der Waals surface area contributed by atoms with Crippen LogP contribution < -0.4 is 14.9 Å². The van der Waals surface area contributed by atoms with Gasteiger partial charge in [-0.3, -0.25) is 9.36 Å². The average Bonchev–Trinajstić information content (AvgIpc) is 3.08. The number of allylic oxidation sites excluding steroid dienone is 2. The molecule has 0 amide bonds. The van der Waals surface area contributed by atoms with Crippen molar-refractivity contribution in [2.45, 2.75) is 13.0 Å². The number of hydrogen-bond acceptors (Lipinski definition) is 5. The summed E-state index contributed by atoms with van der Waals surface area (Å²) in [4.78, 5) is 31.0. The van der Waals surface area contributed by atoms with Gasteiger partial charge in [-0.05, 0) is 36.3 Å². The molecule has 4 rings (SSSR count). The second kappa shape index (κ2) is 9.28. The number of benzene rings is 2. The Balaban J connectivity index is 1.90. The summed E-state index contributed by atoms with van der Waals surface area (Å²) in [5.74, 6) is -0.524. The van der Waals surface area contributed by atoms with E-state index in [-0.39, 0.29) is 5.56 Å². The Morgan fingerprint density at radius 2 is 1.94 bits per heavy atom. The highest BCUT2D eigenvalue weighted by Gasteiger charge is 2.30. The van der Waals surface area contributed by atoms with Crippen LogP contribution in [0.2, 0.25) is 10.0 Å². The number of aromatic nitrogens is 1. The molecule has 8 heteroatoms. The Bertz CT molecular complexity index is 1440. The van der Waals surface area contributed by atoms with E-state index in [1.54, 1.807) is 31.2 Å². The molecule has 1 atom stereocenters. The molecule has 162 valence electrons. The van der Waals surface area contributed by atoms with Crippen molar-refractivity contribution in [1.29, 1.82) is 0 Å². The lowest BCUT2D eigenvalue weighted by atomic mass is 10.0. The summed E-state index contributed by atoms with van der Waals surface area (Å²) in [6, 6.07) is 14.1. The van der Waals surface area contributed by atoms with Gasteiger partial charge in [0.15, 0.2) is 4.80 Å². The lowest BCUT2D eigenvalue weighted by Gasteiger charge is -2.21. The zero-order chi connectivity index (χ0) is 22.8. The van der Waals surface area contributed by atoms with E-state index in [0.29, 0.717) is 36.2 Å². The van der Waals surface area contributed by atoms with E-state index in [9.17, 15) is 9.59 Å². The first kappa shape index (κ1) is 22.3. The highest BCUT2D eigenvalue weighted by molar-refractivity contribution is 7.07. The largest absolute Gasteiger partial charge is 0.466 e. The number of fused-ring (bicyclic) bond motifs is 1. The first-order valence-corrected chi connectivity index (χ1v) is 11.3. The summed E-state index contributed by atoms with van der Waals surface area (Å²) in [6.07, 6.45) is 5.40. The van der Waals surface area contributed by atoms with Crippen molar-refractivity contribution in [3.8, 4) is 0 Å². The molecule has 1 aliphatic heterocycles. The van der Waals surface area contributed by atoms with Crippen LogP contribution in [0.15, 0.2) is 75.7 Å². The highest BCUT2D eigenvalue weighted by atomic mass is 35.5. The van der Waals surface area contributed by atoms with Gasteiger partial charge in [0.1, 0.15) is 0 Å². The average molecular weight is 485 g/mol. The monoisotopic (exact) mass is 484 g/mol. The maximum absolute atomic E-state index is 13.4. The zero-order valence-electron chi connectivity index (χ0n) is 17.2. The van der Waals surface area contributed by atoms with Gasteiger partial charge in [0.25, 0.3) is 5.56 Å². The minimum Gasteiger partial charge on any atom is -0.466 e. The number of esters is 1. The Labute approximate surface area is 198 Å². The van der Waals surface area contributed by atoms with E-state index in [1.807, 2.05) is 42.5 Å². The van der Waals surface area contributed by atoms with Crippen LogP contribution in [0.4, 0.5) is 0 Å². The highest BCUT2D eigenvalue weighted by Crippen LogP contribution is 2.26. The molecule has 0 N–H and O–H groups in total. The van der Waals surface area contributed by atoms with Crippen molar-refractivity contribution in [3.63, 3.8) is 0 Å². The fourth-order valence-electron chi connectivity index (χ4n) is 3.44. The summed E-state index contributed by atoms with van der Waals surface area (Å²) in [6.45, 7) is 1.74. The third-order valence-corrected chi connectivity index (χ3v) is 6.53. The molecule has 0 fully saturated rings. The third kappa shape index (κ3) is 4.35. The molecule has 32 heavy (non-hydrogen) atoms. The first-order chi connectivity index (χ1) is 15.4. The Hall–Kier alpha value is -2.93. The van der Waals surface area contributed by atoms with Gasteiger partial charge < -0.3 is 4.74 Å². The second-order valence-electron chi connectivity index (χ2n) is 7.05. The van der Waals surface area contributed by atoms with Gasteiger partial charge in [-0.1, -0.05) is 83.1 Å².